The van der Waals surface area contributed by atoms with Gasteiger partial charge in [-0.15, -0.1) is 11.3 Å². The number of hydrogen-bond acceptors (Lipinski definition) is 6. The quantitative estimate of drug-likeness (QED) is 0.202. The van der Waals surface area contributed by atoms with Crippen molar-refractivity contribution in [2.24, 2.45) is 0 Å². The predicted molar refractivity (Wildman–Crippen MR) is 147 cm³/mol. The van der Waals surface area contributed by atoms with Gasteiger partial charge in [-0.05, 0) is 74.7 Å². The van der Waals surface area contributed by atoms with Crippen LogP contribution in [-0.4, -0.2) is 33.6 Å². The number of fused-ring (bicyclic) bond motifs is 3. The van der Waals surface area contributed by atoms with Gasteiger partial charge in [0.1, 0.15) is 10.6 Å². The number of hydrogen-bond donors (Lipinski definition) is 0. The Morgan fingerprint density at radius 1 is 1.14 bits per heavy atom. The lowest BCUT2D eigenvalue weighted by Crippen LogP contribution is -2.35. The Morgan fingerprint density at radius 3 is 2.57 bits per heavy atom. The van der Waals surface area contributed by atoms with E-state index in [2.05, 4.69) is 18.7 Å². The molecule has 0 spiro atoms. The monoisotopic (exact) mass is 525 g/mol. The first-order valence-electron chi connectivity index (χ1n) is 11.9. The summed E-state index contributed by atoms with van der Waals surface area (Å²) in [5.41, 5.74) is 3.11. The van der Waals surface area contributed by atoms with Crippen LogP contribution in [0, 0.1) is 0 Å². The summed E-state index contributed by atoms with van der Waals surface area (Å²) in [6.07, 6.45) is 0.880. The summed E-state index contributed by atoms with van der Waals surface area (Å²) in [5.74, 6) is 1.48. The van der Waals surface area contributed by atoms with Crippen molar-refractivity contribution in [1.82, 2.24) is 14.5 Å². The Bertz CT molecular complexity index is 1400. The fourth-order valence-corrected chi connectivity index (χ4v) is 6.78. The third-order valence-electron chi connectivity index (χ3n) is 6.29. The molecular formula is C27H28ClN3O2S2. The summed E-state index contributed by atoms with van der Waals surface area (Å²) >= 11 is 9.30. The second-order valence-electron chi connectivity index (χ2n) is 8.88. The smallest absolute Gasteiger partial charge is 0.267 e. The van der Waals surface area contributed by atoms with E-state index in [1.54, 1.807) is 27.7 Å². The van der Waals surface area contributed by atoms with Crippen molar-refractivity contribution < 1.29 is 4.74 Å². The minimum atomic E-state index is 0.00765. The van der Waals surface area contributed by atoms with Gasteiger partial charge in [-0.3, -0.25) is 14.3 Å². The fraction of sp³-hybridized carbons (Fsp3) is 0.333. The molecule has 182 valence electrons. The zero-order valence-electron chi connectivity index (χ0n) is 20.1. The van der Waals surface area contributed by atoms with Crippen LogP contribution in [-0.2, 0) is 18.7 Å². The number of thiophene rings is 1. The minimum Gasteiger partial charge on any atom is -0.494 e. The number of thioether (sulfide) groups is 1. The standard InChI is InChI=1S/C27H28ClN3O2S2/c1-4-33-21-11-9-20(10-12-21)31-26(32)24-22-13-14-30(17(2)3)15-23(22)35-25(24)29-27(31)34-16-18-5-7-19(28)8-6-18/h5-12,17H,4,13-16H2,1-3H3. The fourth-order valence-electron chi connectivity index (χ4n) is 4.40. The maximum Gasteiger partial charge on any atom is 0.267 e. The molecule has 5 rings (SSSR count). The van der Waals surface area contributed by atoms with Gasteiger partial charge in [0.15, 0.2) is 5.16 Å². The summed E-state index contributed by atoms with van der Waals surface area (Å²) in [4.78, 5) is 23.6. The third-order valence-corrected chi connectivity index (χ3v) is 8.66. The average molecular weight is 526 g/mol. The summed E-state index contributed by atoms with van der Waals surface area (Å²) in [6.45, 7) is 8.85. The van der Waals surface area contributed by atoms with Gasteiger partial charge in [0.25, 0.3) is 5.56 Å². The van der Waals surface area contributed by atoms with E-state index >= 15 is 0 Å². The largest absolute Gasteiger partial charge is 0.494 e. The topological polar surface area (TPSA) is 47.4 Å². The lowest BCUT2D eigenvalue weighted by molar-refractivity contribution is 0.206. The highest BCUT2D eigenvalue weighted by Crippen LogP contribution is 2.35. The number of benzene rings is 2. The van der Waals surface area contributed by atoms with Crippen LogP contribution in [0.3, 0.4) is 0 Å². The first-order chi connectivity index (χ1) is 16.9. The molecule has 0 atom stereocenters. The average Bonchev–Trinajstić information content (AvgIpc) is 3.22. The molecule has 0 amide bonds. The second kappa shape index (κ2) is 10.3. The zero-order chi connectivity index (χ0) is 24.5. The van der Waals surface area contributed by atoms with E-state index in [9.17, 15) is 4.79 Å². The summed E-state index contributed by atoms with van der Waals surface area (Å²) in [6, 6.07) is 16.0. The van der Waals surface area contributed by atoms with Crippen LogP contribution in [0.1, 0.15) is 36.8 Å². The molecule has 1 aliphatic heterocycles. The molecule has 0 aliphatic carbocycles. The van der Waals surface area contributed by atoms with Crippen LogP contribution < -0.4 is 10.3 Å². The van der Waals surface area contributed by atoms with Crippen molar-refractivity contribution in [3.63, 3.8) is 0 Å². The first kappa shape index (κ1) is 24.4. The van der Waals surface area contributed by atoms with Crippen molar-refractivity contribution in [3.05, 3.63) is 79.9 Å². The third kappa shape index (κ3) is 5.00. The van der Waals surface area contributed by atoms with Crippen LogP contribution in [0.25, 0.3) is 15.9 Å². The molecule has 0 unspecified atom stereocenters. The van der Waals surface area contributed by atoms with Crippen molar-refractivity contribution in [2.75, 3.05) is 13.2 Å². The molecule has 8 heteroatoms. The van der Waals surface area contributed by atoms with E-state index in [0.717, 1.165) is 46.7 Å². The molecule has 0 fully saturated rings. The van der Waals surface area contributed by atoms with Gasteiger partial charge in [-0.1, -0.05) is 35.5 Å². The molecule has 1 aliphatic rings. The van der Waals surface area contributed by atoms with Crippen molar-refractivity contribution >= 4 is 44.9 Å². The molecule has 2 aromatic carbocycles. The van der Waals surface area contributed by atoms with Crippen LogP contribution in [0.5, 0.6) is 5.75 Å². The van der Waals surface area contributed by atoms with Crippen LogP contribution in [0.4, 0.5) is 0 Å². The number of ether oxygens (including phenoxy) is 1. The second-order valence-corrected chi connectivity index (χ2v) is 11.3. The Hall–Kier alpha value is -2.32. The van der Waals surface area contributed by atoms with E-state index in [1.165, 1.54) is 10.4 Å². The van der Waals surface area contributed by atoms with E-state index in [4.69, 9.17) is 21.3 Å². The Morgan fingerprint density at radius 2 is 1.89 bits per heavy atom. The highest BCUT2D eigenvalue weighted by atomic mass is 35.5. The van der Waals surface area contributed by atoms with Gasteiger partial charge < -0.3 is 4.74 Å². The lowest BCUT2D eigenvalue weighted by atomic mass is 10.0. The molecule has 0 radical (unpaired) electrons. The summed E-state index contributed by atoms with van der Waals surface area (Å²) in [5, 5.41) is 2.18. The van der Waals surface area contributed by atoms with Gasteiger partial charge in [-0.25, -0.2) is 4.98 Å². The first-order valence-corrected chi connectivity index (χ1v) is 14.0. The van der Waals surface area contributed by atoms with Crippen LogP contribution in [0.2, 0.25) is 5.02 Å². The highest BCUT2D eigenvalue weighted by molar-refractivity contribution is 7.98. The van der Waals surface area contributed by atoms with Crippen molar-refractivity contribution in [2.45, 2.75) is 50.7 Å². The van der Waals surface area contributed by atoms with Gasteiger partial charge in [0.05, 0.1) is 17.7 Å². The summed E-state index contributed by atoms with van der Waals surface area (Å²) in [7, 11) is 0. The zero-order valence-corrected chi connectivity index (χ0v) is 22.5. The Balaban J connectivity index is 1.60. The Labute approximate surface area is 218 Å². The van der Waals surface area contributed by atoms with Gasteiger partial charge in [0.2, 0.25) is 0 Å². The molecule has 0 bridgehead atoms. The van der Waals surface area contributed by atoms with E-state index in [-0.39, 0.29) is 5.56 Å². The number of rotatable bonds is 7. The predicted octanol–water partition coefficient (Wildman–Crippen LogP) is 6.56. The van der Waals surface area contributed by atoms with E-state index < -0.39 is 0 Å². The molecule has 0 saturated carbocycles. The van der Waals surface area contributed by atoms with Crippen molar-refractivity contribution in [1.29, 1.82) is 0 Å². The minimum absolute atomic E-state index is 0.00765. The lowest BCUT2D eigenvalue weighted by Gasteiger charge is -2.30. The van der Waals surface area contributed by atoms with Gasteiger partial charge >= 0.3 is 0 Å². The number of nitrogens with zero attached hydrogens (tertiary/aromatic N) is 3. The normalized spacial score (nSPS) is 14.0. The molecular weight excluding hydrogens is 498 g/mol. The number of halogens is 1. The summed E-state index contributed by atoms with van der Waals surface area (Å²) < 4.78 is 7.38. The molecule has 3 heterocycles. The van der Waals surface area contributed by atoms with Crippen LogP contribution in [0.15, 0.2) is 58.5 Å². The highest BCUT2D eigenvalue weighted by Gasteiger charge is 2.26. The molecule has 5 nitrogen and oxygen atoms in total. The van der Waals surface area contributed by atoms with Gasteiger partial charge in [-0.2, -0.15) is 0 Å². The molecule has 0 N–H and O–H groups in total. The SMILES string of the molecule is CCOc1ccc(-n2c(SCc3ccc(Cl)cc3)nc3sc4c(c3c2=O)CCN(C(C)C)C4)cc1. The maximum absolute atomic E-state index is 14.0. The van der Waals surface area contributed by atoms with Crippen molar-refractivity contribution in [3.8, 4) is 11.4 Å². The number of aromatic nitrogens is 2. The molecule has 0 saturated heterocycles. The molecule has 35 heavy (non-hydrogen) atoms. The van der Waals surface area contributed by atoms with Crippen LogP contribution >= 0.6 is 34.7 Å². The van der Waals surface area contributed by atoms with Gasteiger partial charge in [0, 0.05) is 34.8 Å². The Kier molecular flexibility index (Phi) is 7.21. The maximum atomic E-state index is 14.0. The molecule has 4 aromatic rings. The van der Waals surface area contributed by atoms with E-state index in [1.807, 2.05) is 55.5 Å². The van der Waals surface area contributed by atoms with E-state index in [0.29, 0.717) is 28.6 Å². The molecule has 2 aromatic heterocycles.